The van der Waals surface area contributed by atoms with Crippen LogP contribution in [-0.2, 0) is 4.79 Å². The number of hydrogen-bond acceptors (Lipinski definition) is 3. The van der Waals surface area contributed by atoms with Crippen molar-refractivity contribution in [3.05, 3.63) is 30.2 Å². The molecule has 2 aromatic rings. The molecule has 0 spiro atoms. The van der Waals surface area contributed by atoms with Gasteiger partial charge in [0.1, 0.15) is 5.78 Å². The molecule has 2 aromatic heterocycles. The second kappa shape index (κ2) is 4.50. The second-order valence-corrected chi connectivity index (χ2v) is 3.12. The van der Waals surface area contributed by atoms with Gasteiger partial charge in [-0.25, -0.2) is 9.50 Å². The Bertz CT molecular complexity index is 430. The van der Waals surface area contributed by atoms with Crippen LogP contribution in [0.4, 0.5) is 0 Å². The quantitative estimate of drug-likeness (QED) is 0.636. The van der Waals surface area contributed by atoms with Crippen molar-refractivity contribution in [2.75, 3.05) is 0 Å². The molecule has 14 heavy (non-hydrogen) atoms. The molecule has 2 rings (SSSR count). The van der Waals surface area contributed by atoms with E-state index in [0.29, 0.717) is 0 Å². The van der Waals surface area contributed by atoms with E-state index in [1.165, 1.54) is 13.8 Å². The minimum absolute atomic E-state index is 0.167. The van der Waals surface area contributed by atoms with Crippen LogP contribution >= 0.6 is 0 Å². The summed E-state index contributed by atoms with van der Waals surface area (Å²) in [6, 6.07) is 1.86. The summed E-state index contributed by atoms with van der Waals surface area (Å²) in [7, 11) is 0. The molecule has 74 valence electrons. The lowest BCUT2D eigenvalue weighted by molar-refractivity contribution is -0.114. The Labute approximate surface area is 82.6 Å². The highest BCUT2D eigenvalue weighted by atomic mass is 16.1. The van der Waals surface area contributed by atoms with Crippen LogP contribution in [0.1, 0.15) is 19.4 Å². The van der Waals surface area contributed by atoms with Crippen molar-refractivity contribution in [2.24, 2.45) is 0 Å². The van der Waals surface area contributed by atoms with Crippen LogP contribution in [0.25, 0.3) is 5.65 Å². The number of ketones is 1. The van der Waals surface area contributed by atoms with E-state index in [1.807, 2.05) is 25.4 Å². The number of Topliss-reactive ketones (excluding diaryl/α,β-unsaturated/α-hetero) is 1. The maximum Gasteiger partial charge on any atom is 0.157 e. The highest BCUT2D eigenvalue weighted by Crippen LogP contribution is 2.02. The zero-order chi connectivity index (χ0) is 10.6. The van der Waals surface area contributed by atoms with Gasteiger partial charge in [-0.2, -0.15) is 5.10 Å². The van der Waals surface area contributed by atoms with Gasteiger partial charge in [-0.1, -0.05) is 0 Å². The van der Waals surface area contributed by atoms with Gasteiger partial charge >= 0.3 is 0 Å². The molecule has 0 aliphatic rings. The van der Waals surface area contributed by atoms with Gasteiger partial charge in [0, 0.05) is 18.0 Å². The summed E-state index contributed by atoms with van der Waals surface area (Å²) in [5.74, 6) is 0.167. The fourth-order valence-electron chi connectivity index (χ4n) is 0.946. The van der Waals surface area contributed by atoms with Crippen LogP contribution in [-0.4, -0.2) is 20.4 Å². The fraction of sp³-hybridized carbons (Fsp3) is 0.300. The smallest absolute Gasteiger partial charge is 0.157 e. The molecule has 0 atom stereocenters. The van der Waals surface area contributed by atoms with E-state index in [0.717, 1.165) is 11.2 Å². The lowest BCUT2D eigenvalue weighted by atomic mass is 10.4. The topological polar surface area (TPSA) is 47.3 Å². The van der Waals surface area contributed by atoms with E-state index in [-0.39, 0.29) is 5.78 Å². The number of carbonyl (C=O) groups excluding carboxylic acids is 1. The van der Waals surface area contributed by atoms with E-state index in [4.69, 9.17) is 0 Å². The van der Waals surface area contributed by atoms with E-state index in [9.17, 15) is 4.79 Å². The molecule has 2 heterocycles. The van der Waals surface area contributed by atoms with Crippen LogP contribution in [0.3, 0.4) is 0 Å². The Morgan fingerprint density at radius 3 is 2.64 bits per heavy atom. The first kappa shape index (κ1) is 10.4. The van der Waals surface area contributed by atoms with Gasteiger partial charge < -0.3 is 4.79 Å². The summed E-state index contributed by atoms with van der Waals surface area (Å²) < 4.78 is 1.76. The molecule has 0 saturated carbocycles. The molecule has 0 fully saturated rings. The third-order valence-corrected chi connectivity index (χ3v) is 1.46. The maximum absolute atomic E-state index is 9.44. The monoisotopic (exact) mass is 191 g/mol. The number of aryl methyl sites for hydroxylation is 1. The molecule has 4 nitrogen and oxygen atoms in total. The van der Waals surface area contributed by atoms with Crippen molar-refractivity contribution in [1.82, 2.24) is 14.6 Å². The number of aromatic nitrogens is 3. The standard InChI is InChI=1S/C7H7N3.C3H6O/c1-6-5-9-10-4-2-3-8-7(6)10;1-3(2)4/h2-5H,1H3;1-2H3. The van der Waals surface area contributed by atoms with Crippen LogP contribution < -0.4 is 0 Å². The Morgan fingerprint density at radius 1 is 1.43 bits per heavy atom. The lowest BCUT2D eigenvalue weighted by Gasteiger charge is -1.88. The van der Waals surface area contributed by atoms with Gasteiger partial charge in [0.25, 0.3) is 0 Å². The molecule has 0 aliphatic heterocycles. The van der Waals surface area contributed by atoms with Gasteiger partial charge in [0.05, 0.1) is 6.20 Å². The maximum atomic E-state index is 9.44. The van der Waals surface area contributed by atoms with Crippen molar-refractivity contribution in [3.8, 4) is 0 Å². The number of carbonyl (C=O) groups is 1. The molecular weight excluding hydrogens is 178 g/mol. The first-order valence-corrected chi connectivity index (χ1v) is 4.33. The molecule has 0 radical (unpaired) electrons. The Hall–Kier alpha value is -1.71. The van der Waals surface area contributed by atoms with Crippen LogP contribution in [0.2, 0.25) is 0 Å². The minimum Gasteiger partial charge on any atom is -0.300 e. The van der Waals surface area contributed by atoms with Crippen LogP contribution in [0, 0.1) is 6.92 Å². The molecule has 4 heteroatoms. The average Bonchev–Trinajstić information content (AvgIpc) is 2.48. The predicted octanol–water partition coefficient (Wildman–Crippen LogP) is 1.63. The summed E-state index contributed by atoms with van der Waals surface area (Å²) >= 11 is 0. The highest BCUT2D eigenvalue weighted by Gasteiger charge is 1.95. The van der Waals surface area contributed by atoms with E-state index >= 15 is 0 Å². The van der Waals surface area contributed by atoms with Crippen molar-refractivity contribution in [3.63, 3.8) is 0 Å². The molecular formula is C10H13N3O. The first-order valence-electron chi connectivity index (χ1n) is 4.33. The molecule has 0 aromatic carbocycles. The molecule has 0 unspecified atom stereocenters. The summed E-state index contributed by atoms with van der Waals surface area (Å²) in [5, 5.41) is 4.07. The third-order valence-electron chi connectivity index (χ3n) is 1.46. The SMILES string of the molecule is CC(C)=O.Cc1cnn2cccnc12. The molecule has 0 aliphatic carbocycles. The van der Waals surface area contributed by atoms with Gasteiger partial charge in [0.15, 0.2) is 5.65 Å². The summed E-state index contributed by atoms with van der Waals surface area (Å²) in [4.78, 5) is 13.6. The average molecular weight is 191 g/mol. The lowest BCUT2D eigenvalue weighted by Crippen LogP contribution is -1.86. The van der Waals surface area contributed by atoms with Crippen molar-refractivity contribution < 1.29 is 4.79 Å². The summed E-state index contributed by atoms with van der Waals surface area (Å²) in [6.45, 7) is 5.05. The van der Waals surface area contributed by atoms with Gasteiger partial charge in [-0.05, 0) is 26.8 Å². The molecule has 0 bridgehead atoms. The first-order chi connectivity index (χ1) is 6.61. The predicted molar refractivity (Wildman–Crippen MR) is 54.1 cm³/mol. The molecule has 0 saturated heterocycles. The highest BCUT2D eigenvalue weighted by molar-refractivity contribution is 5.72. The Balaban J connectivity index is 0.000000213. The summed E-state index contributed by atoms with van der Waals surface area (Å²) in [6.07, 6.45) is 5.46. The zero-order valence-electron chi connectivity index (χ0n) is 8.56. The van der Waals surface area contributed by atoms with Crippen LogP contribution in [0.5, 0.6) is 0 Å². The molecule has 0 amide bonds. The minimum atomic E-state index is 0.167. The second-order valence-electron chi connectivity index (χ2n) is 3.12. The largest absolute Gasteiger partial charge is 0.300 e. The number of nitrogens with zero attached hydrogens (tertiary/aromatic N) is 3. The van der Waals surface area contributed by atoms with Crippen LogP contribution in [0.15, 0.2) is 24.7 Å². The van der Waals surface area contributed by atoms with E-state index in [1.54, 1.807) is 10.7 Å². The van der Waals surface area contributed by atoms with Crippen molar-refractivity contribution >= 4 is 11.4 Å². The van der Waals surface area contributed by atoms with Crippen molar-refractivity contribution in [2.45, 2.75) is 20.8 Å². The number of fused-ring (bicyclic) bond motifs is 1. The van der Waals surface area contributed by atoms with Gasteiger partial charge in [-0.3, -0.25) is 0 Å². The zero-order valence-corrected chi connectivity index (χ0v) is 8.56. The number of hydrogen-bond donors (Lipinski definition) is 0. The molecule has 0 N–H and O–H groups in total. The third kappa shape index (κ3) is 2.65. The Kier molecular flexibility index (Phi) is 3.34. The van der Waals surface area contributed by atoms with E-state index in [2.05, 4.69) is 10.1 Å². The summed E-state index contributed by atoms with van der Waals surface area (Å²) in [5.41, 5.74) is 2.04. The van der Waals surface area contributed by atoms with E-state index < -0.39 is 0 Å². The van der Waals surface area contributed by atoms with Crippen molar-refractivity contribution in [1.29, 1.82) is 0 Å². The number of rotatable bonds is 0. The Morgan fingerprint density at radius 2 is 2.07 bits per heavy atom. The fourth-order valence-corrected chi connectivity index (χ4v) is 0.946. The van der Waals surface area contributed by atoms with Gasteiger partial charge in [-0.15, -0.1) is 0 Å². The normalized spacial score (nSPS) is 9.36. The van der Waals surface area contributed by atoms with Gasteiger partial charge in [0.2, 0.25) is 0 Å².